The van der Waals surface area contributed by atoms with Gasteiger partial charge in [0.1, 0.15) is 0 Å². The number of carbonyl (C=O) groups excluding carboxylic acids is 2. The molecule has 20 heavy (non-hydrogen) atoms. The summed E-state index contributed by atoms with van der Waals surface area (Å²) < 4.78 is 0. The van der Waals surface area contributed by atoms with Crippen LogP contribution in [0.25, 0.3) is 0 Å². The standard InChI is InChI=1S/C13H17N3O4/c14-10(7-11(15)17)12(18)16-5-4-8-2-1-3-9(6-8)13(19)20/h1-3,6,10H,4-5,7,14H2,(H2,15,17)(H,16,18)(H,19,20). The molecule has 0 aliphatic rings. The van der Waals surface area contributed by atoms with Gasteiger partial charge in [0, 0.05) is 6.54 Å². The van der Waals surface area contributed by atoms with Gasteiger partial charge < -0.3 is 21.9 Å². The molecule has 0 saturated heterocycles. The van der Waals surface area contributed by atoms with Crippen LogP contribution >= 0.6 is 0 Å². The Balaban J connectivity index is 2.44. The number of aromatic carboxylic acids is 1. The van der Waals surface area contributed by atoms with Gasteiger partial charge in [-0.05, 0) is 24.1 Å². The van der Waals surface area contributed by atoms with Crippen molar-refractivity contribution in [2.45, 2.75) is 18.9 Å². The van der Waals surface area contributed by atoms with E-state index < -0.39 is 23.8 Å². The Hall–Kier alpha value is -2.41. The maximum atomic E-state index is 11.5. The molecule has 1 aromatic rings. The van der Waals surface area contributed by atoms with Crippen LogP contribution in [0.3, 0.4) is 0 Å². The Bertz CT molecular complexity index is 516. The lowest BCUT2D eigenvalue weighted by Crippen LogP contribution is -2.43. The Kier molecular flexibility index (Phi) is 5.67. The number of hydrogen-bond donors (Lipinski definition) is 4. The Morgan fingerprint density at radius 1 is 1.30 bits per heavy atom. The second-order valence-electron chi connectivity index (χ2n) is 4.32. The zero-order valence-corrected chi connectivity index (χ0v) is 10.8. The third-order valence-corrected chi connectivity index (χ3v) is 2.64. The lowest BCUT2D eigenvalue weighted by molar-refractivity contribution is -0.126. The lowest BCUT2D eigenvalue weighted by atomic mass is 10.1. The van der Waals surface area contributed by atoms with Gasteiger partial charge in [0.05, 0.1) is 18.0 Å². The molecule has 0 aliphatic heterocycles. The molecular formula is C13H17N3O4. The van der Waals surface area contributed by atoms with Crippen LogP contribution in [0.5, 0.6) is 0 Å². The number of carbonyl (C=O) groups is 3. The van der Waals surface area contributed by atoms with Gasteiger partial charge in [-0.1, -0.05) is 12.1 Å². The van der Waals surface area contributed by atoms with E-state index in [2.05, 4.69) is 5.32 Å². The van der Waals surface area contributed by atoms with Crippen LogP contribution in [0.1, 0.15) is 22.3 Å². The van der Waals surface area contributed by atoms with Crippen LogP contribution in [-0.2, 0) is 16.0 Å². The molecule has 1 aromatic carbocycles. The predicted octanol–water partition coefficient (Wildman–Crippen LogP) is -0.754. The van der Waals surface area contributed by atoms with Crippen molar-refractivity contribution in [3.63, 3.8) is 0 Å². The fourth-order valence-electron chi connectivity index (χ4n) is 1.63. The van der Waals surface area contributed by atoms with E-state index in [1.165, 1.54) is 12.1 Å². The molecular weight excluding hydrogens is 262 g/mol. The van der Waals surface area contributed by atoms with Crippen LogP contribution in [0, 0.1) is 0 Å². The van der Waals surface area contributed by atoms with Crippen LogP contribution in [0.4, 0.5) is 0 Å². The van der Waals surface area contributed by atoms with E-state index in [9.17, 15) is 14.4 Å². The van der Waals surface area contributed by atoms with Crippen molar-refractivity contribution in [3.05, 3.63) is 35.4 Å². The van der Waals surface area contributed by atoms with E-state index in [1.807, 2.05) is 0 Å². The molecule has 7 heteroatoms. The van der Waals surface area contributed by atoms with Gasteiger partial charge in [0.2, 0.25) is 11.8 Å². The zero-order chi connectivity index (χ0) is 15.1. The zero-order valence-electron chi connectivity index (χ0n) is 10.8. The predicted molar refractivity (Wildman–Crippen MR) is 71.9 cm³/mol. The van der Waals surface area contributed by atoms with Gasteiger partial charge in [0.25, 0.3) is 0 Å². The summed E-state index contributed by atoms with van der Waals surface area (Å²) in [4.78, 5) is 32.9. The Morgan fingerprint density at radius 2 is 2.00 bits per heavy atom. The smallest absolute Gasteiger partial charge is 0.335 e. The number of benzene rings is 1. The molecule has 1 rings (SSSR count). The van der Waals surface area contributed by atoms with Crippen molar-refractivity contribution in [1.82, 2.24) is 5.32 Å². The average Bonchev–Trinajstić information content (AvgIpc) is 2.38. The highest BCUT2D eigenvalue weighted by Crippen LogP contribution is 2.05. The van der Waals surface area contributed by atoms with Gasteiger partial charge >= 0.3 is 5.97 Å². The molecule has 1 unspecified atom stereocenters. The molecule has 1 atom stereocenters. The van der Waals surface area contributed by atoms with Crippen molar-refractivity contribution in [1.29, 1.82) is 0 Å². The molecule has 2 amide bonds. The number of nitrogens with one attached hydrogen (secondary N) is 1. The number of carboxylic acid groups (broad SMARTS) is 1. The van der Waals surface area contributed by atoms with Crippen molar-refractivity contribution in [2.75, 3.05) is 6.54 Å². The SMILES string of the molecule is NC(=O)CC(N)C(=O)NCCc1cccc(C(=O)O)c1. The van der Waals surface area contributed by atoms with Gasteiger partial charge in [-0.15, -0.1) is 0 Å². The van der Waals surface area contributed by atoms with E-state index in [0.29, 0.717) is 13.0 Å². The topological polar surface area (TPSA) is 136 Å². The maximum Gasteiger partial charge on any atom is 0.335 e. The number of carboxylic acids is 1. The van der Waals surface area contributed by atoms with Gasteiger partial charge in [-0.2, -0.15) is 0 Å². The number of amides is 2. The van der Waals surface area contributed by atoms with E-state index in [0.717, 1.165) is 5.56 Å². The van der Waals surface area contributed by atoms with E-state index in [-0.39, 0.29) is 12.0 Å². The van der Waals surface area contributed by atoms with Crippen molar-refractivity contribution >= 4 is 17.8 Å². The summed E-state index contributed by atoms with van der Waals surface area (Å²) in [6.07, 6.45) is 0.260. The molecule has 0 aromatic heterocycles. The third-order valence-electron chi connectivity index (χ3n) is 2.64. The first-order valence-corrected chi connectivity index (χ1v) is 6.04. The summed E-state index contributed by atoms with van der Waals surface area (Å²) in [6, 6.07) is 5.48. The van der Waals surface area contributed by atoms with Crippen molar-refractivity contribution in [3.8, 4) is 0 Å². The van der Waals surface area contributed by atoms with Crippen molar-refractivity contribution in [2.24, 2.45) is 11.5 Å². The Morgan fingerprint density at radius 3 is 2.60 bits per heavy atom. The molecule has 0 spiro atoms. The lowest BCUT2D eigenvalue weighted by Gasteiger charge is -2.10. The fourth-order valence-corrected chi connectivity index (χ4v) is 1.63. The van der Waals surface area contributed by atoms with Crippen LogP contribution < -0.4 is 16.8 Å². The van der Waals surface area contributed by atoms with Crippen LogP contribution in [0.15, 0.2) is 24.3 Å². The monoisotopic (exact) mass is 279 g/mol. The molecule has 0 heterocycles. The summed E-state index contributed by atoms with van der Waals surface area (Å²) in [7, 11) is 0. The van der Waals surface area contributed by atoms with E-state index in [4.69, 9.17) is 16.6 Å². The first-order chi connectivity index (χ1) is 9.40. The maximum absolute atomic E-state index is 11.5. The number of hydrogen-bond acceptors (Lipinski definition) is 4. The minimum absolute atomic E-state index is 0.194. The summed E-state index contributed by atoms with van der Waals surface area (Å²) in [5.41, 5.74) is 11.4. The van der Waals surface area contributed by atoms with Gasteiger partial charge in [-0.3, -0.25) is 9.59 Å². The van der Waals surface area contributed by atoms with Gasteiger partial charge in [-0.25, -0.2) is 4.79 Å². The second-order valence-corrected chi connectivity index (χ2v) is 4.32. The fraction of sp³-hybridized carbons (Fsp3) is 0.308. The molecule has 0 bridgehead atoms. The van der Waals surface area contributed by atoms with Crippen molar-refractivity contribution < 1.29 is 19.5 Å². The molecule has 0 fully saturated rings. The highest BCUT2D eigenvalue weighted by molar-refractivity contribution is 5.88. The van der Waals surface area contributed by atoms with E-state index in [1.54, 1.807) is 12.1 Å². The molecule has 0 aliphatic carbocycles. The highest BCUT2D eigenvalue weighted by Gasteiger charge is 2.15. The summed E-state index contributed by atoms with van der Waals surface area (Å²) in [5, 5.41) is 11.4. The minimum Gasteiger partial charge on any atom is -0.478 e. The number of primary amides is 1. The average molecular weight is 279 g/mol. The molecule has 7 nitrogen and oxygen atoms in total. The number of nitrogens with two attached hydrogens (primary N) is 2. The molecule has 108 valence electrons. The summed E-state index contributed by atoms with van der Waals surface area (Å²) >= 11 is 0. The molecule has 0 radical (unpaired) electrons. The summed E-state index contributed by atoms with van der Waals surface area (Å²) in [5.74, 6) is -2.10. The largest absolute Gasteiger partial charge is 0.478 e. The molecule has 6 N–H and O–H groups in total. The quantitative estimate of drug-likeness (QED) is 0.520. The minimum atomic E-state index is -1.00. The Labute approximate surface area is 115 Å². The third kappa shape index (κ3) is 5.07. The van der Waals surface area contributed by atoms with Gasteiger partial charge in [0.15, 0.2) is 0 Å². The van der Waals surface area contributed by atoms with Crippen LogP contribution in [0.2, 0.25) is 0 Å². The van der Waals surface area contributed by atoms with E-state index >= 15 is 0 Å². The number of rotatable bonds is 7. The van der Waals surface area contributed by atoms with Crippen LogP contribution in [-0.4, -0.2) is 35.5 Å². The molecule has 0 saturated carbocycles. The first kappa shape index (κ1) is 15.6. The highest BCUT2D eigenvalue weighted by atomic mass is 16.4. The normalized spacial score (nSPS) is 11.7. The summed E-state index contributed by atoms with van der Waals surface area (Å²) in [6.45, 7) is 0.300. The first-order valence-electron chi connectivity index (χ1n) is 6.04. The second kappa shape index (κ2) is 7.25.